The summed E-state index contributed by atoms with van der Waals surface area (Å²) in [6.07, 6.45) is 5.48. The van der Waals surface area contributed by atoms with Crippen molar-refractivity contribution in [2.45, 2.75) is 144 Å². The Bertz CT molecular complexity index is 4030. The van der Waals surface area contributed by atoms with Crippen LogP contribution in [0.3, 0.4) is 0 Å². The number of carbonyl (C=O) groups is 3. The number of nitrogens with one attached hydrogen (secondary N) is 4. The Morgan fingerprint density at radius 1 is 0.800 bits per heavy atom. The molecule has 0 bridgehead atoms. The van der Waals surface area contributed by atoms with E-state index < -0.39 is 76.4 Å². The van der Waals surface area contributed by atoms with Crippen molar-refractivity contribution in [3.05, 3.63) is 160 Å². The number of piperazine rings is 2. The van der Waals surface area contributed by atoms with E-state index >= 15 is 0 Å². The van der Waals surface area contributed by atoms with Gasteiger partial charge in [-0.1, -0.05) is 113 Å². The number of amides is 3. The van der Waals surface area contributed by atoms with Gasteiger partial charge in [0, 0.05) is 118 Å². The second kappa shape index (κ2) is 33.4. The number of hydrogen-bond acceptors (Lipinski definition) is 17. The molecular formula is C74H94ClF3N10O8S4. The number of carbonyl (C=O) groups excluding carboxylic acids is 3. The highest BCUT2D eigenvalue weighted by Gasteiger charge is 2.49. The molecule has 0 unspecified atom stereocenters. The zero-order valence-corrected chi connectivity index (χ0v) is 61.9. The molecule has 4 heterocycles. The molecular weight excluding hydrogens is 1380 g/mol. The number of halogens is 4. The molecule has 6 aromatic rings. The number of aromatic nitrogens is 1. The Morgan fingerprint density at radius 3 is 2.11 bits per heavy atom. The number of thiazole rings is 1. The third-order valence-corrected chi connectivity index (χ3v) is 24.7. The van der Waals surface area contributed by atoms with E-state index in [0.29, 0.717) is 36.4 Å². The highest BCUT2D eigenvalue weighted by molar-refractivity contribution is 7.99. The van der Waals surface area contributed by atoms with Crippen molar-refractivity contribution in [3.63, 3.8) is 0 Å². The van der Waals surface area contributed by atoms with Crippen LogP contribution in [0.5, 0.6) is 0 Å². The van der Waals surface area contributed by atoms with Crippen LogP contribution in [0.15, 0.2) is 147 Å². The molecule has 0 radical (unpaired) electrons. The largest absolute Gasteiger partial charge is 0.501 e. The summed E-state index contributed by atoms with van der Waals surface area (Å²) < 4.78 is 100. The van der Waals surface area contributed by atoms with Crippen molar-refractivity contribution in [1.82, 2.24) is 39.9 Å². The van der Waals surface area contributed by atoms with E-state index in [0.717, 1.165) is 148 Å². The number of unbranched alkanes of at least 4 members (excludes halogenated alkanes) is 2. The number of likely N-dealkylation sites (tertiary alicyclic amines) is 1. The van der Waals surface area contributed by atoms with Gasteiger partial charge in [0.15, 0.2) is 0 Å². The van der Waals surface area contributed by atoms with E-state index in [4.69, 9.17) is 11.6 Å². The molecule has 0 saturated carbocycles. The minimum absolute atomic E-state index is 0.0195. The highest BCUT2D eigenvalue weighted by Crippen LogP contribution is 2.43. The molecule has 10 rings (SSSR count). The fourth-order valence-corrected chi connectivity index (χ4v) is 17.6. The van der Waals surface area contributed by atoms with Crippen molar-refractivity contribution >= 4 is 89.2 Å². The number of aliphatic hydroxyl groups is 1. The highest BCUT2D eigenvalue weighted by atomic mass is 35.5. The zero-order valence-electron chi connectivity index (χ0n) is 57.8. The summed E-state index contributed by atoms with van der Waals surface area (Å²) in [6, 6.07) is 32.3. The molecule has 4 atom stereocenters. The number of aliphatic hydroxyl groups excluding tert-OH is 1. The number of sulfonamides is 1. The van der Waals surface area contributed by atoms with Gasteiger partial charge in [0.1, 0.15) is 10.9 Å². The van der Waals surface area contributed by atoms with Gasteiger partial charge in [-0.25, -0.2) is 26.5 Å². The molecule has 5 aromatic carbocycles. The summed E-state index contributed by atoms with van der Waals surface area (Å²) in [7, 11) is -11.0. The number of sulfone groups is 1. The number of rotatable bonds is 28. The van der Waals surface area contributed by atoms with Crippen LogP contribution in [0.25, 0.3) is 16.0 Å². The summed E-state index contributed by atoms with van der Waals surface area (Å²) in [6.45, 7) is 21.8. The molecule has 100 heavy (non-hydrogen) atoms. The van der Waals surface area contributed by atoms with Crippen LogP contribution in [-0.2, 0) is 36.0 Å². The number of alkyl halides is 3. The lowest BCUT2D eigenvalue weighted by atomic mass is 9.73. The average molecular weight is 1470 g/mol. The van der Waals surface area contributed by atoms with Gasteiger partial charge in [-0.2, -0.15) is 13.2 Å². The number of anilines is 2. The van der Waals surface area contributed by atoms with Gasteiger partial charge < -0.3 is 40.7 Å². The van der Waals surface area contributed by atoms with Crippen LogP contribution in [0.2, 0.25) is 5.02 Å². The number of aryl methyl sites for hydroxylation is 1. The van der Waals surface area contributed by atoms with Crippen LogP contribution in [0.4, 0.5) is 24.5 Å². The first kappa shape index (κ1) is 76.3. The fraction of sp³-hybridized carbons (Fsp3) is 0.486. The van der Waals surface area contributed by atoms with Crippen molar-refractivity contribution in [2.24, 2.45) is 10.8 Å². The van der Waals surface area contributed by atoms with Gasteiger partial charge in [-0.3, -0.25) is 19.3 Å². The van der Waals surface area contributed by atoms with E-state index in [9.17, 15) is 49.5 Å². The number of β-amino-alcohol motifs (C(OH)–C–C–N with tert-alkyl or cyclic N) is 1. The molecule has 3 aliphatic heterocycles. The van der Waals surface area contributed by atoms with Crippen molar-refractivity contribution in [1.29, 1.82) is 0 Å². The summed E-state index contributed by atoms with van der Waals surface area (Å²) in [4.78, 5) is 56.5. The Kier molecular flexibility index (Phi) is 25.4. The van der Waals surface area contributed by atoms with E-state index in [2.05, 4.69) is 66.5 Å². The van der Waals surface area contributed by atoms with Crippen LogP contribution in [-0.4, -0.2) is 185 Å². The maximum atomic E-state index is 14.6. The normalized spacial score (nSPS) is 19.0. The molecule has 1 aliphatic carbocycles. The molecule has 540 valence electrons. The van der Waals surface area contributed by atoms with Gasteiger partial charge in [0.25, 0.3) is 25.8 Å². The molecule has 4 aliphatic rings. The quantitative estimate of drug-likeness (QED) is 0.0228. The minimum Gasteiger partial charge on any atom is -0.391 e. The van der Waals surface area contributed by atoms with Gasteiger partial charge in [0.2, 0.25) is 11.8 Å². The molecule has 3 saturated heterocycles. The van der Waals surface area contributed by atoms with Gasteiger partial charge in [0.05, 0.1) is 38.8 Å². The first-order valence-electron chi connectivity index (χ1n) is 34.5. The van der Waals surface area contributed by atoms with Crippen LogP contribution in [0.1, 0.15) is 113 Å². The third-order valence-electron chi connectivity index (χ3n) is 19.4. The lowest BCUT2D eigenvalue weighted by Gasteiger charge is -2.39. The minimum atomic E-state index is -6.14. The molecule has 3 amide bonds. The predicted molar refractivity (Wildman–Crippen MR) is 393 cm³/mol. The van der Waals surface area contributed by atoms with Crippen molar-refractivity contribution in [2.75, 3.05) is 101 Å². The fourth-order valence-electron chi connectivity index (χ4n) is 13.7. The monoisotopic (exact) mass is 1470 g/mol. The standard InChI is InChI=1S/C74H94ClF3N10O8S4/c1-51-67(98-50-81-51)54-17-15-52(16-18-54)46-80-70(91)65-43-60(89)48-88(65)71(92)68(72(2,3)4)79-32-11-8-12-33-84-35-37-85(38-36-84)34-30-58(49-97-61-13-9-7-10-14-61)82-64-28-27-62(44-66(64)99(93,94)74(76,77)78)100(95,96)83-69(90)55-21-25-59(26-22-55)87-41-39-86(40-42-87)47-56-45-73(5,6)31-29-63(56)53-19-23-57(75)24-20-53/h7,9-10,13-28,44,50,58,60,65,68,79,82,89H,8,11-12,29-43,45-49H2,1-6H3,(H,80,91)(H,83,90)/t58-,60-,65+,68-/m1/s1. The number of thioether (sulfide) groups is 1. The topological polar surface area (TPSA) is 217 Å². The Labute approximate surface area is 600 Å². The predicted octanol–water partition coefficient (Wildman–Crippen LogP) is 12.0. The van der Waals surface area contributed by atoms with E-state index in [-0.39, 0.29) is 42.3 Å². The van der Waals surface area contributed by atoms with Gasteiger partial charge in [-0.05, 0) is 158 Å². The molecule has 18 nitrogen and oxygen atoms in total. The Morgan fingerprint density at radius 2 is 1.46 bits per heavy atom. The van der Waals surface area contributed by atoms with E-state index in [1.165, 1.54) is 45.5 Å². The van der Waals surface area contributed by atoms with Crippen LogP contribution in [0, 0.1) is 17.8 Å². The first-order chi connectivity index (χ1) is 47.5. The molecule has 26 heteroatoms. The zero-order chi connectivity index (χ0) is 71.6. The lowest BCUT2D eigenvalue weighted by molar-refractivity contribution is -0.142. The Balaban J connectivity index is 0.695. The second-order valence-corrected chi connectivity index (χ2v) is 34.6. The van der Waals surface area contributed by atoms with Crippen molar-refractivity contribution < 1.29 is 49.5 Å². The van der Waals surface area contributed by atoms with Crippen molar-refractivity contribution in [3.8, 4) is 10.4 Å². The maximum Gasteiger partial charge on any atom is 0.501 e. The third kappa shape index (κ3) is 20.1. The van der Waals surface area contributed by atoms with E-state index in [1.54, 1.807) is 23.5 Å². The van der Waals surface area contributed by atoms with Crippen LogP contribution < -0.4 is 25.6 Å². The molecule has 0 spiro atoms. The smallest absolute Gasteiger partial charge is 0.391 e. The number of allylic oxidation sites excluding steroid dienone is 1. The molecule has 3 fully saturated rings. The molecule has 1 aromatic heterocycles. The SMILES string of the molecule is Cc1ncsc1-c1ccc(CNC(=O)[C@@H]2C[C@@H](O)CN2C(=O)[C@@H](NCCCCCN2CCN(CC[C@H](CSc3ccccc3)Nc3ccc(S(=O)(=O)NC(=O)c4ccc(N5CCN(CC6=C(c7ccc(Cl)cc7)CCC(C)(C)C6)CC5)cc4)cc3S(=O)(=O)C(F)(F)F)CC2)C(C)(C)C)cc1. The summed E-state index contributed by atoms with van der Waals surface area (Å²) >= 11 is 9.25. The Hall–Kier alpha value is -6.39. The summed E-state index contributed by atoms with van der Waals surface area (Å²) in [5.74, 6) is -1.24. The second-order valence-electron chi connectivity index (χ2n) is 28.6. The van der Waals surface area contributed by atoms with Gasteiger partial charge >= 0.3 is 5.51 Å². The van der Waals surface area contributed by atoms with E-state index in [1.807, 2.05) is 105 Å². The van der Waals surface area contributed by atoms with Crippen LogP contribution >= 0.6 is 34.7 Å². The number of hydrogen-bond donors (Lipinski definition) is 5. The number of nitrogens with zero attached hydrogens (tertiary/aromatic N) is 6. The molecule has 5 N–H and O–H groups in total. The maximum absolute atomic E-state index is 14.6. The first-order valence-corrected chi connectivity index (χ1v) is 39.7. The number of benzene rings is 5. The lowest BCUT2D eigenvalue weighted by Crippen LogP contribution is -2.56. The summed E-state index contributed by atoms with van der Waals surface area (Å²) in [5, 5.41) is 21.0. The average Bonchev–Trinajstić information content (AvgIpc) is 0.875. The summed E-state index contributed by atoms with van der Waals surface area (Å²) in [5.41, 5.74) is 3.09. The van der Waals surface area contributed by atoms with Gasteiger partial charge in [-0.15, -0.1) is 23.1 Å².